The fourth-order valence-corrected chi connectivity index (χ4v) is 3.12. The smallest absolute Gasteiger partial charge is 0.252 e. The van der Waals surface area contributed by atoms with Crippen molar-refractivity contribution in [2.24, 2.45) is 7.05 Å². The molecule has 0 bridgehead atoms. The van der Waals surface area contributed by atoms with Crippen molar-refractivity contribution in [2.75, 3.05) is 7.11 Å². The number of nitrogens with one attached hydrogen (secondary N) is 1. The molecule has 0 aliphatic carbocycles. The van der Waals surface area contributed by atoms with Crippen molar-refractivity contribution in [1.29, 1.82) is 0 Å². The van der Waals surface area contributed by atoms with Crippen LogP contribution in [-0.2, 0) is 13.6 Å². The minimum atomic E-state index is -0.155. The van der Waals surface area contributed by atoms with Crippen molar-refractivity contribution in [3.8, 4) is 22.8 Å². The molecule has 2 aromatic carbocycles. The molecular weight excluding hydrogens is 366 g/mol. The first-order valence-corrected chi connectivity index (χ1v) is 9.18. The predicted octanol–water partition coefficient (Wildman–Crippen LogP) is 3.21. The molecule has 4 aromatic rings. The Morgan fingerprint density at radius 3 is 2.83 bits per heavy atom. The Morgan fingerprint density at radius 2 is 2.03 bits per heavy atom. The van der Waals surface area contributed by atoms with E-state index in [1.807, 2.05) is 66.5 Å². The van der Waals surface area contributed by atoms with E-state index in [-0.39, 0.29) is 5.91 Å². The average molecular weight is 387 g/mol. The van der Waals surface area contributed by atoms with Gasteiger partial charge in [0, 0.05) is 49.4 Å². The van der Waals surface area contributed by atoms with Crippen molar-refractivity contribution >= 4 is 5.91 Å². The lowest BCUT2D eigenvalue weighted by atomic mass is 10.1. The summed E-state index contributed by atoms with van der Waals surface area (Å²) in [6, 6.07) is 15.1. The number of amides is 1. The van der Waals surface area contributed by atoms with Gasteiger partial charge in [-0.25, -0.2) is 9.67 Å². The lowest BCUT2D eigenvalue weighted by Crippen LogP contribution is -2.23. The second-order valence-corrected chi connectivity index (χ2v) is 6.58. The highest BCUT2D eigenvalue weighted by Crippen LogP contribution is 2.21. The summed E-state index contributed by atoms with van der Waals surface area (Å²) in [5.74, 6) is 1.36. The van der Waals surface area contributed by atoms with Crippen molar-refractivity contribution in [3.05, 3.63) is 84.4 Å². The van der Waals surface area contributed by atoms with E-state index in [0.29, 0.717) is 12.1 Å². The maximum atomic E-state index is 12.8. The molecule has 7 heteroatoms. The van der Waals surface area contributed by atoms with Crippen LogP contribution in [0.25, 0.3) is 17.1 Å². The molecule has 1 N–H and O–H groups in total. The van der Waals surface area contributed by atoms with Gasteiger partial charge in [-0.2, -0.15) is 5.10 Å². The Hall–Kier alpha value is -3.87. The molecule has 0 spiro atoms. The summed E-state index contributed by atoms with van der Waals surface area (Å²) in [4.78, 5) is 17.2. The van der Waals surface area contributed by atoms with Crippen LogP contribution in [0.5, 0.6) is 5.75 Å². The Morgan fingerprint density at radius 1 is 1.17 bits per heavy atom. The van der Waals surface area contributed by atoms with Crippen LogP contribution in [0.3, 0.4) is 0 Å². The zero-order valence-electron chi connectivity index (χ0n) is 16.2. The number of hydrogen-bond acceptors (Lipinski definition) is 4. The van der Waals surface area contributed by atoms with Gasteiger partial charge in [0.1, 0.15) is 11.6 Å². The molecule has 0 fully saturated rings. The fraction of sp³-hybridized carbons (Fsp3) is 0.136. The number of carbonyl (C=O) groups excluding carboxylic acids is 1. The van der Waals surface area contributed by atoms with Gasteiger partial charge in [-0.05, 0) is 18.2 Å². The van der Waals surface area contributed by atoms with E-state index in [2.05, 4.69) is 15.4 Å². The van der Waals surface area contributed by atoms with Crippen LogP contribution in [0.15, 0.2) is 73.3 Å². The lowest BCUT2D eigenvalue weighted by molar-refractivity contribution is 0.0951. The topological polar surface area (TPSA) is 74.0 Å². The predicted molar refractivity (Wildman–Crippen MR) is 110 cm³/mol. The largest absolute Gasteiger partial charge is 0.497 e. The van der Waals surface area contributed by atoms with Crippen LogP contribution >= 0.6 is 0 Å². The number of ether oxygens (including phenoxy) is 1. The molecule has 7 nitrogen and oxygen atoms in total. The summed E-state index contributed by atoms with van der Waals surface area (Å²) in [6.07, 6.45) is 7.21. The van der Waals surface area contributed by atoms with E-state index in [9.17, 15) is 4.79 Å². The molecule has 0 saturated heterocycles. The quantitative estimate of drug-likeness (QED) is 0.551. The molecule has 2 heterocycles. The van der Waals surface area contributed by atoms with Crippen molar-refractivity contribution in [3.63, 3.8) is 0 Å². The molecule has 0 saturated carbocycles. The third kappa shape index (κ3) is 3.89. The molecule has 0 radical (unpaired) electrons. The van der Waals surface area contributed by atoms with Gasteiger partial charge < -0.3 is 14.6 Å². The van der Waals surface area contributed by atoms with Crippen LogP contribution in [0.1, 0.15) is 15.9 Å². The highest BCUT2D eigenvalue weighted by atomic mass is 16.5. The van der Waals surface area contributed by atoms with E-state index in [1.165, 1.54) is 0 Å². The van der Waals surface area contributed by atoms with Gasteiger partial charge in [0.25, 0.3) is 5.91 Å². The summed E-state index contributed by atoms with van der Waals surface area (Å²) in [7, 11) is 3.54. The summed E-state index contributed by atoms with van der Waals surface area (Å²) < 4.78 is 8.91. The third-order valence-corrected chi connectivity index (χ3v) is 4.64. The Balaban J connectivity index is 1.49. The lowest BCUT2D eigenvalue weighted by Gasteiger charge is -2.09. The van der Waals surface area contributed by atoms with Crippen LogP contribution in [0.2, 0.25) is 0 Å². The number of methoxy groups -OCH3 is 1. The Labute approximate surface area is 168 Å². The second-order valence-electron chi connectivity index (χ2n) is 6.58. The first-order valence-electron chi connectivity index (χ1n) is 9.18. The number of hydrogen-bond donors (Lipinski definition) is 1. The molecular formula is C22H21N5O2. The Bertz CT molecular complexity index is 1150. The maximum Gasteiger partial charge on any atom is 0.252 e. The van der Waals surface area contributed by atoms with Crippen LogP contribution < -0.4 is 10.1 Å². The highest BCUT2D eigenvalue weighted by molar-refractivity contribution is 6.00. The monoisotopic (exact) mass is 387 g/mol. The SMILES string of the molecule is COc1cccc(-n2cc(CNC(=O)c3ccccc3-c3nccn3C)cn2)c1. The normalized spacial score (nSPS) is 10.7. The van der Waals surface area contributed by atoms with Gasteiger partial charge in [0.05, 0.1) is 24.6 Å². The van der Waals surface area contributed by atoms with E-state index in [1.54, 1.807) is 30.3 Å². The number of nitrogens with zero attached hydrogens (tertiary/aromatic N) is 4. The molecule has 4 rings (SSSR count). The van der Waals surface area contributed by atoms with E-state index < -0.39 is 0 Å². The van der Waals surface area contributed by atoms with Crippen LogP contribution in [0.4, 0.5) is 0 Å². The van der Waals surface area contributed by atoms with Crippen LogP contribution in [-0.4, -0.2) is 32.3 Å². The minimum absolute atomic E-state index is 0.155. The van der Waals surface area contributed by atoms with Gasteiger partial charge >= 0.3 is 0 Å². The summed E-state index contributed by atoms with van der Waals surface area (Å²) in [6.45, 7) is 0.373. The Kier molecular flexibility index (Phi) is 5.11. The molecule has 0 aliphatic rings. The minimum Gasteiger partial charge on any atom is -0.497 e. The fourth-order valence-electron chi connectivity index (χ4n) is 3.12. The number of benzene rings is 2. The van der Waals surface area contributed by atoms with Crippen molar-refractivity contribution in [1.82, 2.24) is 24.6 Å². The first-order chi connectivity index (χ1) is 14.2. The van der Waals surface area contributed by atoms with Gasteiger partial charge in [0.15, 0.2) is 0 Å². The molecule has 1 amide bonds. The number of carbonyl (C=O) groups is 1. The van der Waals surface area contributed by atoms with Gasteiger partial charge in [0.2, 0.25) is 0 Å². The van der Waals surface area contributed by atoms with Crippen LogP contribution in [0, 0.1) is 0 Å². The molecule has 2 aromatic heterocycles. The molecule has 0 atom stereocenters. The highest BCUT2D eigenvalue weighted by Gasteiger charge is 2.15. The summed E-state index contributed by atoms with van der Waals surface area (Å²) in [5.41, 5.74) is 3.17. The standard InChI is InChI=1S/C22H21N5O2/c1-26-11-10-23-21(26)19-8-3-4-9-20(19)22(28)24-13-16-14-25-27(15-16)17-6-5-7-18(12-17)29-2/h3-12,14-15H,13H2,1-2H3,(H,24,28). The molecule has 29 heavy (non-hydrogen) atoms. The number of aromatic nitrogens is 4. The zero-order chi connectivity index (χ0) is 20.2. The van der Waals surface area contributed by atoms with E-state index in [4.69, 9.17) is 4.74 Å². The number of rotatable bonds is 6. The number of imidazole rings is 1. The van der Waals surface area contributed by atoms with Crippen molar-refractivity contribution < 1.29 is 9.53 Å². The first kappa shape index (κ1) is 18.5. The van der Waals surface area contributed by atoms with Gasteiger partial charge in [-0.15, -0.1) is 0 Å². The molecule has 146 valence electrons. The summed E-state index contributed by atoms with van der Waals surface area (Å²) >= 11 is 0. The average Bonchev–Trinajstić information content (AvgIpc) is 3.41. The maximum absolute atomic E-state index is 12.8. The number of aryl methyl sites for hydroxylation is 1. The van der Waals surface area contributed by atoms with Crippen molar-refractivity contribution in [2.45, 2.75) is 6.54 Å². The third-order valence-electron chi connectivity index (χ3n) is 4.64. The second kappa shape index (κ2) is 8.02. The molecule has 0 unspecified atom stereocenters. The van der Waals surface area contributed by atoms with Gasteiger partial charge in [-0.1, -0.05) is 24.3 Å². The van der Waals surface area contributed by atoms with Gasteiger partial charge in [-0.3, -0.25) is 4.79 Å². The van der Waals surface area contributed by atoms with E-state index >= 15 is 0 Å². The zero-order valence-corrected chi connectivity index (χ0v) is 16.2. The molecule has 0 aliphatic heterocycles. The van der Waals surface area contributed by atoms with E-state index in [0.717, 1.165) is 28.4 Å². The summed E-state index contributed by atoms with van der Waals surface area (Å²) in [5, 5.41) is 7.35.